The summed E-state index contributed by atoms with van der Waals surface area (Å²) in [5.41, 5.74) is 1.88. The second kappa shape index (κ2) is 9.64. The first-order valence-corrected chi connectivity index (χ1v) is 12.0. The Morgan fingerprint density at radius 1 is 1.37 bits per heavy atom. The lowest BCUT2D eigenvalue weighted by atomic mass is 10.2. The molecule has 1 saturated heterocycles. The van der Waals surface area contributed by atoms with Crippen molar-refractivity contribution in [2.24, 2.45) is 0 Å². The Bertz CT molecular complexity index is 1040. The molecule has 0 bridgehead atoms. The number of aryl methyl sites for hydroxylation is 1. The number of carbonyl (C=O) groups excluding carboxylic acids is 1. The van der Waals surface area contributed by atoms with E-state index in [0.717, 1.165) is 40.1 Å². The summed E-state index contributed by atoms with van der Waals surface area (Å²) in [5.74, 6) is 0.370. The van der Waals surface area contributed by atoms with Crippen molar-refractivity contribution in [1.82, 2.24) is 4.98 Å². The molecule has 2 aromatic carbocycles. The smallest absolute Gasteiger partial charge is 0.229 e. The molecule has 1 aromatic heterocycles. The molecule has 1 aliphatic heterocycles. The minimum atomic E-state index is -0.260. The second-order valence-corrected chi connectivity index (χ2v) is 9.87. The van der Waals surface area contributed by atoms with Crippen LogP contribution in [0.1, 0.15) is 24.8 Å². The van der Waals surface area contributed by atoms with Gasteiger partial charge in [-0.1, -0.05) is 22.9 Å². The Balaban J connectivity index is 1.50. The zero-order valence-electron chi connectivity index (χ0n) is 16.6. The maximum absolute atomic E-state index is 13.1. The number of rotatable bonds is 7. The first-order valence-electron chi connectivity index (χ1n) is 9.86. The summed E-state index contributed by atoms with van der Waals surface area (Å²) in [4.78, 5) is 20.6. The number of thioether (sulfide) groups is 1. The van der Waals surface area contributed by atoms with Gasteiger partial charge < -0.3 is 4.74 Å². The predicted octanol–water partition coefficient (Wildman–Crippen LogP) is 6.09. The van der Waals surface area contributed by atoms with E-state index in [9.17, 15) is 9.18 Å². The number of ether oxygens (including phenoxy) is 1. The molecule has 1 atom stereocenters. The lowest BCUT2D eigenvalue weighted by Gasteiger charge is -2.23. The van der Waals surface area contributed by atoms with Crippen molar-refractivity contribution in [3.8, 4) is 0 Å². The van der Waals surface area contributed by atoms with E-state index >= 15 is 0 Å². The van der Waals surface area contributed by atoms with Crippen LogP contribution in [0, 0.1) is 12.7 Å². The normalized spacial score (nSPS) is 16.3. The lowest BCUT2D eigenvalue weighted by Crippen LogP contribution is -2.37. The molecule has 0 saturated carbocycles. The average Bonchev–Trinajstić information content (AvgIpc) is 3.37. The van der Waals surface area contributed by atoms with E-state index in [2.05, 4.69) is 0 Å². The highest BCUT2D eigenvalue weighted by Gasteiger charge is 2.26. The van der Waals surface area contributed by atoms with E-state index in [-0.39, 0.29) is 17.8 Å². The topological polar surface area (TPSA) is 42.4 Å². The standard InChI is InChI=1S/C22H22ClFN2O2S2/c1-14-11-15(23)12-19-21(14)25-22(30-19)26(13-17-3-2-9-28-17)20(27)8-10-29-18-6-4-16(24)5-7-18/h4-7,11-12,17H,2-3,8-10,13H2,1H3. The van der Waals surface area contributed by atoms with Gasteiger partial charge in [0.15, 0.2) is 5.13 Å². The van der Waals surface area contributed by atoms with Crippen LogP contribution in [-0.2, 0) is 9.53 Å². The molecule has 30 heavy (non-hydrogen) atoms. The highest BCUT2D eigenvalue weighted by molar-refractivity contribution is 7.99. The summed E-state index contributed by atoms with van der Waals surface area (Å²) in [6.45, 7) is 3.22. The zero-order valence-corrected chi connectivity index (χ0v) is 19.0. The summed E-state index contributed by atoms with van der Waals surface area (Å²) in [5, 5.41) is 1.35. The van der Waals surface area contributed by atoms with Crippen LogP contribution in [0.4, 0.5) is 9.52 Å². The third-order valence-electron chi connectivity index (χ3n) is 4.98. The van der Waals surface area contributed by atoms with Crippen LogP contribution in [0.5, 0.6) is 0 Å². The Hall–Kier alpha value is -1.67. The average molecular weight is 465 g/mol. The van der Waals surface area contributed by atoms with E-state index in [1.165, 1.54) is 23.5 Å². The van der Waals surface area contributed by atoms with Crippen molar-refractivity contribution in [3.05, 3.63) is 52.8 Å². The molecule has 0 N–H and O–H groups in total. The molecule has 4 rings (SSSR count). The molecule has 4 nitrogen and oxygen atoms in total. The monoisotopic (exact) mass is 464 g/mol. The number of hydrogen-bond donors (Lipinski definition) is 0. The van der Waals surface area contributed by atoms with Gasteiger partial charge in [-0.2, -0.15) is 0 Å². The molecule has 1 aliphatic rings. The van der Waals surface area contributed by atoms with Crippen molar-refractivity contribution in [2.45, 2.75) is 37.2 Å². The highest BCUT2D eigenvalue weighted by Crippen LogP contribution is 2.34. The van der Waals surface area contributed by atoms with Gasteiger partial charge in [0.2, 0.25) is 5.91 Å². The first kappa shape index (κ1) is 21.6. The molecule has 158 valence electrons. The van der Waals surface area contributed by atoms with E-state index in [1.807, 2.05) is 19.1 Å². The maximum Gasteiger partial charge on any atom is 0.229 e. The Morgan fingerprint density at radius 2 is 2.17 bits per heavy atom. The Morgan fingerprint density at radius 3 is 2.90 bits per heavy atom. The summed E-state index contributed by atoms with van der Waals surface area (Å²) in [6, 6.07) is 10.1. The minimum absolute atomic E-state index is 0.0166. The molecular formula is C22H22ClFN2O2S2. The van der Waals surface area contributed by atoms with Gasteiger partial charge >= 0.3 is 0 Å². The Labute approximate surface area is 188 Å². The maximum atomic E-state index is 13.1. The van der Waals surface area contributed by atoms with E-state index < -0.39 is 0 Å². The number of benzene rings is 2. The lowest BCUT2D eigenvalue weighted by molar-refractivity contribution is -0.118. The second-order valence-electron chi connectivity index (χ2n) is 7.26. The molecule has 2 heterocycles. The van der Waals surface area contributed by atoms with Gasteiger partial charge in [-0.15, -0.1) is 11.8 Å². The summed E-state index contributed by atoms with van der Waals surface area (Å²) in [6.07, 6.45) is 2.37. The number of halogens is 2. The van der Waals surface area contributed by atoms with Gasteiger partial charge in [0.05, 0.1) is 22.9 Å². The van der Waals surface area contributed by atoms with Crippen molar-refractivity contribution >= 4 is 56.0 Å². The largest absolute Gasteiger partial charge is 0.376 e. The molecule has 3 aromatic rings. The number of hydrogen-bond acceptors (Lipinski definition) is 5. The molecule has 1 fully saturated rings. The quantitative estimate of drug-likeness (QED) is 0.397. The van der Waals surface area contributed by atoms with Gasteiger partial charge in [0.25, 0.3) is 0 Å². The van der Waals surface area contributed by atoms with Gasteiger partial charge in [-0.05, 0) is 61.7 Å². The summed E-state index contributed by atoms with van der Waals surface area (Å²) >= 11 is 9.23. The summed E-state index contributed by atoms with van der Waals surface area (Å²) in [7, 11) is 0. The number of anilines is 1. The third-order valence-corrected chi connectivity index (χ3v) is 7.24. The van der Waals surface area contributed by atoms with Gasteiger partial charge in [0.1, 0.15) is 5.82 Å². The van der Waals surface area contributed by atoms with Crippen LogP contribution < -0.4 is 4.90 Å². The number of nitrogens with zero attached hydrogens (tertiary/aromatic N) is 2. The fourth-order valence-electron chi connectivity index (χ4n) is 3.46. The minimum Gasteiger partial charge on any atom is -0.376 e. The Kier molecular flexibility index (Phi) is 6.93. The van der Waals surface area contributed by atoms with Crippen LogP contribution in [0.25, 0.3) is 10.2 Å². The van der Waals surface area contributed by atoms with Gasteiger partial charge in [-0.25, -0.2) is 9.37 Å². The number of amides is 1. The number of fused-ring (bicyclic) bond motifs is 1. The molecule has 8 heteroatoms. The summed E-state index contributed by atoms with van der Waals surface area (Å²) < 4.78 is 19.8. The van der Waals surface area contributed by atoms with Crippen molar-refractivity contribution in [2.75, 3.05) is 23.8 Å². The number of carbonyl (C=O) groups is 1. The van der Waals surface area contributed by atoms with Crippen LogP contribution >= 0.6 is 34.7 Å². The van der Waals surface area contributed by atoms with Crippen molar-refractivity contribution in [1.29, 1.82) is 0 Å². The first-order chi connectivity index (χ1) is 14.5. The van der Waals surface area contributed by atoms with Gasteiger partial charge in [0, 0.05) is 28.7 Å². The van der Waals surface area contributed by atoms with Crippen LogP contribution in [-0.4, -0.2) is 35.9 Å². The number of aromatic nitrogens is 1. The van der Waals surface area contributed by atoms with Crippen LogP contribution in [0.15, 0.2) is 41.3 Å². The SMILES string of the molecule is Cc1cc(Cl)cc2sc(N(CC3CCCO3)C(=O)CCSc3ccc(F)cc3)nc12. The molecule has 1 unspecified atom stereocenters. The van der Waals surface area contributed by atoms with Crippen molar-refractivity contribution in [3.63, 3.8) is 0 Å². The van der Waals surface area contributed by atoms with Crippen molar-refractivity contribution < 1.29 is 13.9 Å². The zero-order chi connectivity index (χ0) is 21.1. The molecular weight excluding hydrogens is 443 g/mol. The van der Waals surface area contributed by atoms with E-state index in [4.69, 9.17) is 21.3 Å². The van der Waals surface area contributed by atoms with Crippen LogP contribution in [0.3, 0.4) is 0 Å². The molecule has 0 radical (unpaired) electrons. The fourth-order valence-corrected chi connectivity index (χ4v) is 5.75. The van der Waals surface area contributed by atoms with E-state index in [0.29, 0.717) is 28.9 Å². The van der Waals surface area contributed by atoms with Gasteiger partial charge in [-0.3, -0.25) is 9.69 Å². The molecule has 1 amide bonds. The molecule has 0 aliphatic carbocycles. The number of thiazole rings is 1. The third kappa shape index (κ3) is 5.14. The predicted molar refractivity (Wildman–Crippen MR) is 122 cm³/mol. The van der Waals surface area contributed by atoms with E-state index in [1.54, 1.807) is 28.8 Å². The van der Waals surface area contributed by atoms with Crippen LogP contribution in [0.2, 0.25) is 5.02 Å². The molecule has 0 spiro atoms. The fraction of sp³-hybridized carbons (Fsp3) is 0.364. The highest BCUT2D eigenvalue weighted by atomic mass is 35.5.